The minimum absolute atomic E-state index is 0.0520. The summed E-state index contributed by atoms with van der Waals surface area (Å²) in [6.07, 6.45) is 4.40. The number of anilines is 2. The average molecular weight is 437 g/mol. The van der Waals surface area contributed by atoms with E-state index in [1.54, 1.807) is 54.6 Å². The Morgan fingerprint density at radius 2 is 1.87 bits per heavy atom. The molecule has 31 heavy (non-hydrogen) atoms. The molecule has 8 nitrogen and oxygen atoms in total. The van der Waals surface area contributed by atoms with Gasteiger partial charge in [0.25, 0.3) is 5.91 Å². The number of amides is 2. The highest BCUT2D eigenvalue weighted by molar-refractivity contribution is 7.89. The lowest BCUT2D eigenvalue weighted by Crippen LogP contribution is -2.41. The van der Waals surface area contributed by atoms with Gasteiger partial charge in [-0.1, -0.05) is 24.3 Å². The van der Waals surface area contributed by atoms with Crippen molar-refractivity contribution in [1.29, 1.82) is 0 Å². The van der Waals surface area contributed by atoms with Gasteiger partial charge < -0.3 is 9.73 Å². The van der Waals surface area contributed by atoms with Crippen LogP contribution in [-0.4, -0.2) is 26.8 Å². The van der Waals surface area contributed by atoms with Crippen LogP contribution < -0.4 is 14.9 Å². The number of nitrogens with one attached hydrogen (secondary N) is 2. The van der Waals surface area contributed by atoms with Crippen LogP contribution in [0.1, 0.15) is 11.3 Å². The van der Waals surface area contributed by atoms with Gasteiger partial charge in [-0.2, -0.15) is 0 Å². The maximum atomic E-state index is 12.6. The second kappa shape index (κ2) is 8.58. The molecule has 158 valence electrons. The smallest absolute Gasteiger partial charge is 0.251 e. The summed E-state index contributed by atoms with van der Waals surface area (Å²) in [6, 6.07) is 16.5. The number of sulfonamides is 1. The molecular weight excluding hydrogens is 418 g/mol. The number of para-hydroxylation sites is 2. The van der Waals surface area contributed by atoms with Crippen LogP contribution in [0.25, 0.3) is 6.08 Å². The molecule has 0 radical (unpaired) electrons. The molecule has 0 saturated heterocycles. The Bertz CT molecular complexity index is 1230. The number of hydrogen-bond acceptors (Lipinski definition) is 5. The molecule has 0 bridgehead atoms. The first-order chi connectivity index (χ1) is 14.9. The normalized spacial score (nSPS) is 13.8. The SMILES string of the molecule is O=C1CN(C(=O)/C=C/c2ccc(S(=O)(=O)NCc3ccco3)cc2)c2ccccc2N1. The quantitative estimate of drug-likeness (QED) is 0.577. The Kier molecular flexibility index (Phi) is 5.70. The summed E-state index contributed by atoms with van der Waals surface area (Å²) in [6.45, 7) is -0.0188. The van der Waals surface area contributed by atoms with Gasteiger partial charge in [-0.25, -0.2) is 13.1 Å². The summed E-state index contributed by atoms with van der Waals surface area (Å²) >= 11 is 0. The molecule has 0 unspecified atom stereocenters. The molecule has 1 aliphatic rings. The molecule has 2 aromatic carbocycles. The van der Waals surface area contributed by atoms with Gasteiger partial charge in [-0.05, 0) is 48.0 Å². The second-order valence-corrected chi connectivity index (χ2v) is 8.56. The fraction of sp³-hybridized carbons (Fsp3) is 0.0909. The summed E-state index contributed by atoms with van der Waals surface area (Å²) in [7, 11) is -3.69. The number of furan rings is 1. The average Bonchev–Trinajstić information content (AvgIpc) is 3.30. The molecule has 9 heteroatoms. The van der Waals surface area contributed by atoms with E-state index in [4.69, 9.17) is 4.42 Å². The fourth-order valence-electron chi connectivity index (χ4n) is 3.11. The first-order valence-corrected chi connectivity index (χ1v) is 10.9. The molecule has 0 aliphatic carbocycles. The molecular formula is C22H19N3O5S. The van der Waals surface area contributed by atoms with E-state index in [1.165, 1.54) is 29.4 Å². The molecule has 1 aromatic heterocycles. The van der Waals surface area contributed by atoms with Crippen molar-refractivity contribution >= 4 is 39.3 Å². The fourth-order valence-corrected chi connectivity index (χ4v) is 4.10. The number of rotatable bonds is 6. The third kappa shape index (κ3) is 4.73. The molecule has 0 spiro atoms. The van der Waals surface area contributed by atoms with Crippen molar-refractivity contribution < 1.29 is 22.4 Å². The first-order valence-electron chi connectivity index (χ1n) is 9.43. The molecule has 2 heterocycles. The maximum Gasteiger partial charge on any atom is 0.251 e. The lowest BCUT2D eigenvalue weighted by Gasteiger charge is -2.28. The first kappa shape index (κ1) is 20.6. The zero-order chi connectivity index (χ0) is 21.8. The summed E-state index contributed by atoms with van der Waals surface area (Å²) in [5.41, 5.74) is 1.85. The topological polar surface area (TPSA) is 109 Å². The van der Waals surface area contributed by atoms with Crippen LogP contribution in [0.2, 0.25) is 0 Å². The predicted molar refractivity (Wildman–Crippen MR) is 116 cm³/mol. The molecule has 4 rings (SSSR count). The monoisotopic (exact) mass is 437 g/mol. The number of carbonyl (C=O) groups excluding carboxylic acids is 2. The van der Waals surface area contributed by atoms with Crippen molar-refractivity contribution in [3.63, 3.8) is 0 Å². The van der Waals surface area contributed by atoms with E-state index in [0.29, 0.717) is 22.7 Å². The molecule has 2 N–H and O–H groups in total. The minimum Gasteiger partial charge on any atom is -0.468 e. The molecule has 3 aromatic rings. The van der Waals surface area contributed by atoms with Gasteiger partial charge in [0.05, 0.1) is 29.1 Å². The van der Waals surface area contributed by atoms with Crippen LogP contribution in [0.5, 0.6) is 0 Å². The summed E-state index contributed by atoms with van der Waals surface area (Å²) < 4.78 is 32.4. The minimum atomic E-state index is -3.69. The third-order valence-corrected chi connectivity index (χ3v) is 6.08. The predicted octanol–water partition coefficient (Wildman–Crippen LogP) is 2.76. The zero-order valence-corrected chi connectivity index (χ0v) is 17.1. The van der Waals surface area contributed by atoms with Gasteiger partial charge in [-0.3, -0.25) is 14.5 Å². The number of hydrogen-bond donors (Lipinski definition) is 2. The highest BCUT2D eigenvalue weighted by Crippen LogP contribution is 2.29. The van der Waals surface area contributed by atoms with Crippen molar-refractivity contribution in [1.82, 2.24) is 4.72 Å². The van der Waals surface area contributed by atoms with Crippen LogP contribution in [-0.2, 0) is 26.2 Å². The Labute approximate surface area is 179 Å². The largest absolute Gasteiger partial charge is 0.468 e. The van der Waals surface area contributed by atoms with E-state index in [9.17, 15) is 18.0 Å². The Hall–Kier alpha value is -3.69. The Balaban J connectivity index is 1.44. The van der Waals surface area contributed by atoms with Crippen molar-refractivity contribution in [3.05, 3.63) is 84.3 Å². The van der Waals surface area contributed by atoms with Crippen LogP contribution >= 0.6 is 0 Å². The van der Waals surface area contributed by atoms with E-state index in [-0.39, 0.29) is 29.8 Å². The number of fused-ring (bicyclic) bond motifs is 1. The second-order valence-electron chi connectivity index (χ2n) is 6.80. The van der Waals surface area contributed by atoms with E-state index < -0.39 is 10.0 Å². The maximum absolute atomic E-state index is 12.6. The molecule has 0 atom stereocenters. The Morgan fingerprint density at radius 1 is 1.10 bits per heavy atom. The standard InChI is InChI=1S/C22H19N3O5S/c26-21-15-25(20-6-2-1-5-19(20)24-21)22(27)12-9-16-7-10-18(11-8-16)31(28,29)23-14-17-4-3-13-30-17/h1-13,23H,14-15H2,(H,24,26)/b12-9+. The summed E-state index contributed by atoms with van der Waals surface area (Å²) in [5, 5.41) is 2.73. The Morgan fingerprint density at radius 3 is 2.61 bits per heavy atom. The van der Waals surface area contributed by atoms with Gasteiger partial charge in [-0.15, -0.1) is 0 Å². The summed E-state index contributed by atoms with van der Waals surface area (Å²) in [5.74, 6) is -0.106. The van der Waals surface area contributed by atoms with Gasteiger partial charge in [0, 0.05) is 6.08 Å². The molecule has 0 fully saturated rings. The van der Waals surface area contributed by atoms with Crippen LogP contribution in [0, 0.1) is 0 Å². The highest BCUT2D eigenvalue weighted by atomic mass is 32.2. The van der Waals surface area contributed by atoms with Gasteiger partial charge in [0.15, 0.2) is 0 Å². The lowest BCUT2D eigenvalue weighted by atomic mass is 10.1. The van der Waals surface area contributed by atoms with Crippen LogP contribution in [0.3, 0.4) is 0 Å². The van der Waals surface area contributed by atoms with Gasteiger partial charge in [0.1, 0.15) is 12.3 Å². The van der Waals surface area contributed by atoms with Crippen LogP contribution in [0.15, 0.2) is 82.3 Å². The molecule has 2 amide bonds. The van der Waals surface area contributed by atoms with E-state index >= 15 is 0 Å². The van der Waals surface area contributed by atoms with E-state index in [0.717, 1.165) is 0 Å². The lowest BCUT2D eigenvalue weighted by molar-refractivity contribution is -0.119. The van der Waals surface area contributed by atoms with E-state index in [2.05, 4.69) is 10.0 Å². The van der Waals surface area contributed by atoms with Crippen LogP contribution in [0.4, 0.5) is 11.4 Å². The number of benzene rings is 2. The van der Waals surface area contributed by atoms with Crippen molar-refractivity contribution in [2.45, 2.75) is 11.4 Å². The van der Waals surface area contributed by atoms with Gasteiger partial charge >= 0.3 is 0 Å². The van der Waals surface area contributed by atoms with Crippen molar-refractivity contribution in [3.8, 4) is 0 Å². The number of nitrogens with zero attached hydrogens (tertiary/aromatic N) is 1. The molecule has 0 saturated carbocycles. The third-order valence-electron chi connectivity index (χ3n) is 4.66. The van der Waals surface area contributed by atoms with E-state index in [1.807, 2.05) is 0 Å². The molecule has 1 aliphatic heterocycles. The highest BCUT2D eigenvalue weighted by Gasteiger charge is 2.25. The zero-order valence-electron chi connectivity index (χ0n) is 16.3. The summed E-state index contributed by atoms with van der Waals surface area (Å²) in [4.78, 5) is 26.0. The van der Waals surface area contributed by atoms with Crippen molar-refractivity contribution in [2.75, 3.05) is 16.8 Å². The van der Waals surface area contributed by atoms with Gasteiger partial charge in [0.2, 0.25) is 15.9 Å². The number of carbonyl (C=O) groups is 2. The van der Waals surface area contributed by atoms with Crippen molar-refractivity contribution in [2.24, 2.45) is 0 Å².